The third kappa shape index (κ3) is 2.04. The SMILES string of the molecule is CC1=Cc2ccccc2C1[Si]C1C(C)=Cc2ccccc21. The molecule has 21 heavy (non-hydrogen) atoms. The molecule has 4 rings (SSSR count). The van der Waals surface area contributed by atoms with Crippen molar-refractivity contribution in [2.24, 2.45) is 0 Å². The first-order chi connectivity index (χ1) is 10.2. The topological polar surface area (TPSA) is 0 Å². The van der Waals surface area contributed by atoms with Crippen molar-refractivity contribution in [3.63, 3.8) is 0 Å². The van der Waals surface area contributed by atoms with Crippen LogP contribution in [0.25, 0.3) is 12.2 Å². The zero-order valence-electron chi connectivity index (χ0n) is 12.4. The normalized spacial score (nSPS) is 22.6. The highest BCUT2D eigenvalue weighted by Crippen LogP contribution is 2.42. The van der Waals surface area contributed by atoms with Crippen LogP contribution in [0.1, 0.15) is 47.2 Å². The molecule has 0 saturated carbocycles. The van der Waals surface area contributed by atoms with Gasteiger partial charge in [-0.05, 0) is 47.2 Å². The van der Waals surface area contributed by atoms with Gasteiger partial charge in [-0.1, -0.05) is 71.8 Å². The van der Waals surface area contributed by atoms with Gasteiger partial charge in [0, 0.05) is 0 Å². The smallest absolute Gasteiger partial charge is 0.0678 e. The molecule has 102 valence electrons. The molecular formula is C20H18Si. The second-order valence-corrected chi connectivity index (χ2v) is 7.56. The van der Waals surface area contributed by atoms with E-state index in [1.165, 1.54) is 33.4 Å². The summed E-state index contributed by atoms with van der Waals surface area (Å²) >= 11 is 0. The van der Waals surface area contributed by atoms with Gasteiger partial charge in [0.2, 0.25) is 0 Å². The van der Waals surface area contributed by atoms with Crippen molar-refractivity contribution in [3.05, 3.63) is 81.9 Å². The molecule has 2 radical (unpaired) electrons. The van der Waals surface area contributed by atoms with Crippen LogP contribution in [0.2, 0.25) is 0 Å². The second-order valence-electron chi connectivity index (χ2n) is 6.07. The fourth-order valence-electron chi connectivity index (χ4n) is 3.57. The number of allylic oxidation sites excluding steroid dienone is 2. The van der Waals surface area contributed by atoms with E-state index in [0.29, 0.717) is 11.1 Å². The van der Waals surface area contributed by atoms with E-state index in [1.807, 2.05) is 0 Å². The minimum absolute atomic E-state index is 0.598. The van der Waals surface area contributed by atoms with Crippen LogP contribution >= 0.6 is 0 Å². The van der Waals surface area contributed by atoms with Crippen LogP contribution in [0.15, 0.2) is 59.7 Å². The lowest BCUT2D eigenvalue weighted by molar-refractivity contribution is 1.04. The van der Waals surface area contributed by atoms with Crippen molar-refractivity contribution in [2.45, 2.75) is 24.9 Å². The van der Waals surface area contributed by atoms with E-state index in [-0.39, 0.29) is 0 Å². The first kappa shape index (κ1) is 12.8. The van der Waals surface area contributed by atoms with Gasteiger partial charge >= 0.3 is 0 Å². The van der Waals surface area contributed by atoms with E-state index < -0.39 is 0 Å². The number of fused-ring (bicyclic) bond motifs is 2. The summed E-state index contributed by atoms with van der Waals surface area (Å²) in [4.78, 5) is 0. The number of benzene rings is 2. The van der Waals surface area contributed by atoms with Crippen LogP contribution in [0.4, 0.5) is 0 Å². The van der Waals surface area contributed by atoms with E-state index in [0.717, 1.165) is 9.52 Å². The van der Waals surface area contributed by atoms with Crippen molar-refractivity contribution in [1.29, 1.82) is 0 Å². The molecule has 0 aliphatic heterocycles. The lowest BCUT2D eigenvalue weighted by Gasteiger charge is -2.20. The Labute approximate surface area is 129 Å². The molecule has 2 unspecified atom stereocenters. The second kappa shape index (κ2) is 4.85. The summed E-state index contributed by atoms with van der Waals surface area (Å²) in [6, 6.07) is 17.7. The highest BCUT2D eigenvalue weighted by atomic mass is 28.2. The molecule has 2 atom stereocenters. The lowest BCUT2D eigenvalue weighted by atomic mass is 10.1. The third-order valence-electron chi connectivity index (χ3n) is 4.62. The molecule has 2 aromatic carbocycles. The van der Waals surface area contributed by atoms with E-state index >= 15 is 0 Å². The number of hydrogen-bond acceptors (Lipinski definition) is 0. The third-order valence-corrected chi connectivity index (χ3v) is 6.82. The predicted molar refractivity (Wildman–Crippen MR) is 91.4 cm³/mol. The van der Waals surface area contributed by atoms with Gasteiger partial charge in [-0.25, -0.2) is 0 Å². The Morgan fingerprint density at radius 1 is 0.667 bits per heavy atom. The average molecular weight is 286 g/mol. The van der Waals surface area contributed by atoms with E-state index in [9.17, 15) is 0 Å². The summed E-state index contributed by atoms with van der Waals surface area (Å²) in [7, 11) is 0.898. The van der Waals surface area contributed by atoms with E-state index in [2.05, 4.69) is 74.5 Å². The zero-order valence-corrected chi connectivity index (χ0v) is 13.4. The minimum atomic E-state index is 0.598. The molecule has 0 aromatic heterocycles. The van der Waals surface area contributed by atoms with Gasteiger partial charge in [-0.2, -0.15) is 0 Å². The largest absolute Gasteiger partial charge is 0.0684 e. The maximum absolute atomic E-state index is 2.37. The summed E-state index contributed by atoms with van der Waals surface area (Å²) in [5.74, 6) is 0. The van der Waals surface area contributed by atoms with Gasteiger partial charge in [0.15, 0.2) is 0 Å². The van der Waals surface area contributed by atoms with Crippen LogP contribution in [0.3, 0.4) is 0 Å². The quantitative estimate of drug-likeness (QED) is 0.681. The molecule has 0 saturated heterocycles. The monoisotopic (exact) mass is 286 g/mol. The van der Waals surface area contributed by atoms with Gasteiger partial charge in [0.05, 0.1) is 9.52 Å². The van der Waals surface area contributed by atoms with Gasteiger partial charge in [-0.15, -0.1) is 0 Å². The van der Waals surface area contributed by atoms with Gasteiger partial charge < -0.3 is 0 Å². The number of hydrogen-bond donors (Lipinski definition) is 0. The molecule has 2 aliphatic rings. The molecule has 0 fully saturated rings. The van der Waals surface area contributed by atoms with Gasteiger partial charge in [0.1, 0.15) is 0 Å². The summed E-state index contributed by atoms with van der Waals surface area (Å²) in [5.41, 5.74) is 10.1. The highest BCUT2D eigenvalue weighted by molar-refractivity contribution is 6.43. The molecule has 0 nitrogen and oxygen atoms in total. The Kier molecular flexibility index (Phi) is 2.97. The van der Waals surface area contributed by atoms with Crippen molar-refractivity contribution < 1.29 is 0 Å². The van der Waals surface area contributed by atoms with Crippen molar-refractivity contribution in [2.75, 3.05) is 0 Å². The zero-order chi connectivity index (χ0) is 14.4. The maximum Gasteiger partial charge on any atom is 0.0678 e. The Bertz CT molecular complexity index is 701. The summed E-state index contributed by atoms with van der Waals surface area (Å²) < 4.78 is 0. The van der Waals surface area contributed by atoms with Crippen molar-refractivity contribution in [3.8, 4) is 0 Å². The summed E-state index contributed by atoms with van der Waals surface area (Å²) in [6.45, 7) is 4.58. The molecule has 0 N–H and O–H groups in total. The Morgan fingerprint density at radius 2 is 1.10 bits per heavy atom. The Hall–Kier alpha value is -1.86. The van der Waals surface area contributed by atoms with Crippen LogP contribution in [-0.4, -0.2) is 9.52 Å². The first-order valence-corrected chi connectivity index (χ1v) is 8.70. The van der Waals surface area contributed by atoms with Crippen LogP contribution < -0.4 is 0 Å². The summed E-state index contributed by atoms with van der Waals surface area (Å²) in [6.07, 6.45) is 4.74. The minimum Gasteiger partial charge on any atom is -0.0684 e. The predicted octanol–water partition coefficient (Wildman–Crippen LogP) is 5.01. The standard InChI is InChI=1S/C20H18Si/c1-13-11-15-7-3-5-9-17(15)19(13)21-20-14(2)12-16-8-4-6-10-18(16)20/h3-12,19-20H,1-2H3. The van der Waals surface area contributed by atoms with Crippen LogP contribution in [0, 0.1) is 0 Å². The lowest BCUT2D eigenvalue weighted by Crippen LogP contribution is -2.16. The molecule has 0 spiro atoms. The first-order valence-electron chi connectivity index (χ1n) is 7.54. The molecule has 0 bridgehead atoms. The van der Waals surface area contributed by atoms with Crippen molar-refractivity contribution >= 4 is 21.7 Å². The van der Waals surface area contributed by atoms with Crippen LogP contribution in [-0.2, 0) is 0 Å². The fraction of sp³-hybridized carbons (Fsp3) is 0.200. The van der Waals surface area contributed by atoms with E-state index in [1.54, 1.807) is 0 Å². The van der Waals surface area contributed by atoms with Gasteiger partial charge in [0.25, 0.3) is 0 Å². The van der Waals surface area contributed by atoms with Crippen molar-refractivity contribution in [1.82, 2.24) is 0 Å². The molecule has 0 heterocycles. The van der Waals surface area contributed by atoms with Gasteiger partial charge in [-0.3, -0.25) is 0 Å². The molecule has 0 amide bonds. The average Bonchev–Trinajstić information content (AvgIpc) is 2.97. The number of rotatable bonds is 2. The maximum atomic E-state index is 2.37. The summed E-state index contributed by atoms with van der Waals surface area (Å²) in [5, 5.41) is 0. The molecule has 1 heteroatoms. The van der Waals surface area contributed by atoms with E-state index in [4.69, 9.17) is 0 Å². The molecule has 2 aromatic rings. The fourth-order valence-corrected chi connectivity index (χ4v) is 5.48. The van der Waals surface area contributed by atoms with Crippen LogP contribution in [0.5, 0.6) is 0 Å². The molecular weight excluding hydrogens is 268 g/mol. The Balaban J connectivity index is 1.69. The Morgan fingerprint density at radius 3 is 1.57 bits per heavy atom. The highest BCUT2D eigenvalue weighted by Gasteiger charge is 2.30. The molecule has 2 aliphatic carbocycles.